The van der Waals surface area contributed by atoms with Crippen LogP contribution in [0.1, 0.15) is 5.56 Å². The molecular weight excluding hydrogens is 239 g/mol. The van der Waals surface area contributed by atoms with Crippen molar-refractivity contribution in [3.63, 3.8) is 0 Å². The average Bonchev–Trinajstić information content (AvgIpc) is 2.87. The third-order valence-corrected chi connectivity index (χ3v) is 3.04. The molecule has 0 aliphatic heterocycles. The van der Waals surface area contributed by atoms with Gasteiger partial charge in [-0.1, -0.05) is 18.7 Å². The Bertz CT molecular complexity index is 726. The molecule has 2 N–H and O–H groups in total. The van der Waals surface area contributed by atoms with E-state index < -0.39 is 0 Å². The summed E-state index contributed by atoms with van der Waals surface area (Å²) in [5.74, 6) is -0.245. The Kier molecular flexibility index (Phi) is 2.80. The number of anilines is 1. The lowest BCUT2D eigenvalue weighted by atomic mass is 10.1. The lowest BCUT2D eigenvalue weighted by Gasteiger charge is -2.10. The number of aromatic amines is 1. The Morgan fingerprint density at radius 3 is 2.63 bits per heavy atom. The minimum absolute atomic E-state index is 0.245. The predicted octanol–water partition coefficient (Wildman–Crippen LogP) is 4.39. The van der Waals surface area contributed by atoms with Crippen LogP contribution in [0.25, 0.3) is 16.6 Å². The van der Waals surface area contributed by atoms with E-state index in [-0.39, 0.29) is 5.82 Å². The van der Waals surface area contributed by atoms with Gasteiger partial charge in [0.15, 0.2) is 0 Å². The molecule has 94 valence electrons. The molecule has 0 fully saturated rings. The van der Waals surface area contributed by atoms with Crippen LogP contribution in [-0.4, -0.2) is 4.98 Å². The number of hydrogen-bond donors (Lipinski definition) is 2. The topological polar surface area (TPSA) is 27.8 Å². The van der Waals surface area contributed by atoms with E-state index in [0.717, 1.165) is 27.9 Å². The van der Waals surface area contributed by atoms with Crippen molar-refractivity contribution in [2.75, 3.05) is 5.32 Å². The zero-order valence-corrected chi connectivity index (χ0v) is 10.3. The standard InChI is InChI=1S/C16H13FN2/c1-11(12-2-4-14(17)5-3-12)19-15-6-7-16-13(10-15)8-9-18-16/h2-10,18-19H,1H2. The molecule has 3 rings (SSSR count). The maximum Gasteiger partial charge on any atom is 0.123 e. The molecular formula is C16H13FN2. The molecule has 0 saturated heterocycles. The van der Waals surface area contributed by atoms with Crippen LogP contribution in [0.4, 0.5) is 10.1 Å². The molecule has 0 unspecified atom stereocenters. The Morgan fingerprint density at radius 2 is 1.84 bits per heavy atom. The van der Waals surface area contributed by atoms with Gasteiger partial charge in [-0.05, 0) is 42.0 Å². The van der Waals surface area contributed by atoms with E-state index in [4.69, 9.17) is 0 Å². The Balaban J connectivity index is 1.83. The van der Waals surface area contributed by atoms with Gasteiger partial charge in [-0.3, -0.25) is 0 Å². The number of nitrogens with one attached hydrogen (secondary N) is 2. The van der Waals surface area contributed by atoms with Gasteiger partial charge >= 0.3 is 0 Å². The zero-order chi connectivity index (χ0) is 13.2. The summed E-state index contributed by atoms with van der Waals surface area (Å²) in [6.45, 7) is 3.98. The van der Waals surface area contributed by atoms with Gasteiger partial charge in [0.05, 0.1) is 0 Å². The summed E-state index contributed by atoms with van der Waals surface area (Å²) in [4.78, 5) is 3.15. The van der Waals surface area contributed by atoms with Crippen molar-refractivity contribution in [1.29, 1.82) is 0 Å². The smallest absolute Gasteiger partial charge is 0.123 e. The molecule has 19 heavy (non-hydrogen) atoms. The van der Waals surface area contributed by atoms with Crippen molar-refractivity contribution in [3.8, 4) is 0 Å². The van der Waals surface area contributed by atoms with E-state index in [1.54, 1.807) is 12.1 Å². The molecule has 0 bridgehead atoms. The fourth-order valence-corrected chi connectivity index (χ4v) is 2.03. The maximum atomic E-state index is 12.9. The molecule has 0 spiro atoms. The Labute approximate surface area is 110 Å². The van der Waals surface area contributed by atoms with Crippen molar-refractivity contribution in [1.82, 2.24) is 4.98 Å². The van der Waals surface area contributed by atoms with Crippen molar-refractivity contribution >= 4 is 22.3 Å². The van der Waals surface area contributed by atoms with Crippen molar-refractivity contribution in [2.45, 2.75) is 0 Å². The fourth-order valence-electron chi connectivity index (χ4n) is 2.03. The van der Waals surface area contributed by atoms with Gasteiger partial charge < -0.3 is 10.3 Å². The molecule has 1 heterocycles. The van der Waals surface area contributed by atoms with E-state index in [9.17, 15) is 4.39 Å². The quantitative estimate of drug-likeness (QED) is 0.711. The van der Waals surface area contributed by atoms with Gasteiger partial charge in [-0.25, -0.2) is 4.39 Å². The van der Waals surface area contributed by atoms with Crippen LogP contribution in [0.2, 0.25) is 0 Å². The predicted molar refractivity (Wildman–Crippen MR) is 77.4 cm³/mol. The Morgan fingerprint density at radius 1 is 1.05 bits per heavy atom. The normalized spacial score (nSPS) is 10.6. The number of aromatic nitrogens is 1. The van der Waals surface area contributed by atoms with Crippen LogP contribution in [0.15, 0.2) is 61.3 Å². The van der Waals surface area contributed by atoms with Gasteiger partial charge in [0.25, 0.3) is 0 Å². The van der Waals surface area contributed by atoms with E-state index in [0.29, 0.717) is 0 Å². The van der Waals surface area contributed by atoms with E-state index in [1.165, 1.54) is 12.1 Å². The molecule has 2 aromatic carbocycles. The van der Waals surface area contributed by atoms with Gasteiger partial charge in [0, 0.05) is 28.5 Å². The number of halogens is 1. The summed E-state index contributed by atoms with van der Waals surface area (Å²) < 4.78 is 12.9. The first kappa shape index (κ1) is 11.5. The first-order chi connectivity index (χ1) is 9.22. The summed E-state index contributed by atoms with van der Waals surface area (Å²) in [6.07, 6.45) is 1.91. The van der Waals surface area contributed by atoms with Crippen LogP contribution in [0.3, 0.4) is 0 Å². The SMILES string of the molecule is C=C(Nc1ccc2[nH]ccc2c1)c1ccc(F)cc1. The molecule has 3 heteroatoms. The molecule has 0 saturated carbocycles. The second-order valence-electron chi connectivity index (χ2n) is 4.39. The van der Waals surface area contributed by atoms with E-state index >= 15 is 0 Å². The van der Waals surface area contributed by atoms with Crippen LogP contribution in [0.5, 0.6) is 0 Å². The van der Waals surface area contributed by atoms with Gasteiger partial charge in [0.1, 0.15) is 5.82 Å². The maximum absolute atomic E-state index is 12.9. The summed E-state index contributed by atoms with van der Waals surface area (Å²) in [5.41, 5.74) is 3.67. The summed E-state index contributed by atoms with van der Waals surface area (Å²) in [6, 6.07) is 14.3. The van der Waals surface area contributed by atoms with E-state index in [1.807, 2.05) is 30.5 Å². The first-order valence-corrected chi connectivity index (χ1v) is 6.01. The third kappa shape index (κ3) is 2.36. The van der Waals surface area contributed by atoms with Crippen LogP contribution < -0.4 is 5.32 Å². The average molecular weight is 252 g/mol. The minimum Gasteiger partial charge on any atom is -0.361 e. The Hall–Kier alpha value is -2.55. The van der Waals surface area contributed by atoms with E-state index in [2.05, 4.69) is 16.9 Å². The molecule has 3 aromatic rings. The fraction of sp³-hybridized carbons (Fsp3) is 0. The molecule has 0 atom stereocenters. The van der Waals surface area contributed by atoms with Crippen molar-refractivity contribution in [2.24, 2.45) is 0 Å². The van der Waals surface area contributed by atoms with Gasteiger partial charge in [0.2, 0.25) is 0 Å². The minimum atomic E-state index is -0.245. The lowest BCUT2D eigenvalue weighted by Crippen LogP contribution is -1.97. The highest BCUT2D eigenvalue weighted by Gasteiger charge is 2.01. The first-order valence-electron chi connectivity index (χ1n) is 6.01. The summed E-state index contributed by atoms with van der Waals surface area (Å²) in [5, 5.41) is 4.36. The lowest BCUT2D eigenvalue weighted by molar-refractivity contribution is 0.627. The van der Waals surface area contributed by atoms with Gasteiger partial charge in [-0.2, -0.15) is 0 Å². The number of H-pyrrole nitrogens is 1. The molecule has 0 aliphatic carbocycles. The second-order valence-corrected chi connectivity index (χ2v) is 4.39. The number of rotatable bonds is 3. The molecule has 0 radical (unpaired) electrons. The zero-order valence-electron chi connectivity index (χ0n) is 10.3. The third-order valence-electron chi connectivity index (χ3n) is 3.04. The summed E-state index contributed by atoms with van der Waals surface area (Å²) in [7, 11) is 0. The highest BCUT2D eigenvalue weighted by atomic mass is 19.1. The molecule has 0 aliphatic rings. The number of benzene rings is 2. The van der Waals surface area contributed by atoms with Gasteiger partial charge in [-0.15, -0.1) is 0 Å². The molecule has 1 aromatic heterocycles. The summed E-state index contributed by atoms with van der Waals surface area (Å²) >= 11 is 0. The largest absolute Gasteiger partial charge is 0.361 e. The monoisotopic (exact) mass is 252 g/mol. The van der Waals surface area contributed by atoms with Crippen molar-refractivity contribution < 1.29 is 4.39 Å². The second kappa shape index (κ2) is 4.61. The molecule has 2 nitrogen and oxygen atoms in total. The van der Waals surface area contributed by atoms with Crippen molar-refractivity contribution in [3.05, 3.63) is 72.7 Å². The van der Waals surface area contributed by atoms with Crippen LogP contribution in [0, 0.1) is 5.82 Å². The molecule has 0 amide bonds. The van der Waals surface area contributed by atoms with Crippen LogP contribution >= 0.6 is 0 Å². The number of hydrogen-bond acceptors (Lipinski definition) is 1. The number of fused-ring (bicyclic) bond motifs is 1. The van der Waals surface area contributed by atoms with Crippen LogP contribution in [-0.2, 0) is 0 Å². The highest BCUT2D eigenvalue weighted by molar-refractivity contribution is 5.85. The highest BCUT2D eigenvalue weighted by Crippen LogP contribution is 2.21.